The number of ether oxygens (including phenoxy) is 2. The van der Waals surface area contributed by atoms with Gasteiger partial charge in [0.1, 0.15) is 16.0 Å². The van der Waals surface area contributed by atoms with Gasteiger partial charge in [-0.05, 0) is 64.8 Å². The third kappa shape index (κ3) is 5.44. The Balaban J connectivity index is 1.73. The molecule has 0 fully saturated rings. The van der Waals surface area contributed by atoms with Gasteiger partial charge in [-0.25, -0.2) is 0 Å². The van der Waals surface area contributed by atoms with Crippen LogP contribution in [0.2, 0.25) is 0 Å². The Hall–Kier alpha value is -3.32. The molecule has 0 aromatic heterocycles. The molecule has 7 heteroatoms. The standard InChI is InChI=1S/C24H23BrN2O4/c1-15(26-24(29)18-13-20(30-2)22(25)21(14-18)31-3)17-10-7-11-19(12-17)27-23(28)16-8-5-4-6-9-16/h4-15H,1-3H3,(H,26,29)(H,27,28). The van der Waals surface area contributed by atoms with Gasteiger partial charge >= 0.3 is 0 Å². The molecular weight excluding hydrogens is 460 g/mol. The SMILES string of the molecule is COc1cc(C(=O)NC(C)c2cccc(NC(=O)c3ccccc3)c2)cc(OC)c1Br. The molecule has 0 radical (unpaired) electrons. The molecule has 0 bridgehead atoms. The van der Waals surface area contributed by atoms with Crippen LogP contribution in [-0.2, 0) is 0 Å². The number of carbonyl (C=O) groups is 2. The Kier molecular flexibility index (Phi) is 7.31. The Morgan fingerprint density at radius 3 is 2.10 bits per heavy atom. The van der Waals surface area contributed by atoms with Gasteiger partial charge in [0, 0.05) is 16.8 Å². The largest absolute Gasteiger partial charge is 0.495 e. The van der Waals surface area contributed by atoms with Crippen molar-refractivity contribution in [2.45, 2.75) is 13.0 Å². The van der Waals surface area contributed by atoms with E-state index in [0.717, 1.165) is 5.56 Å². The molecule has 3 aromatic carbocycles. The molecule has 0 saturated heterocycles. The van der Waals surface area contributed by atoms with E-state index in [4.69, 9.17) is 9.47 Å². The summed E-state index contributed by atoms with van der Waals surface area (Å²) in [6.45, 7) is 1.88. The third-order valence-electron chi connectivity index (χ3n) is 4.74. The van der Waals surface area contributed by atoms with Crippen LogP contribution in [0.1, 0.15) is 39.2 Å². The van der Waals surface area contributed by atoms with Gasteiger partial charge in [-0.1, -0.05) is 30.3 Å². The highest BCUT2D eigenvalue weighted by Crippen LogP contribution is 2.35. The molecule has 1 atom stereocenters. The first kappa shape index (κ1) is 22.4. The molecule has 0 saturated carbocycles. The Morgan fingerprint density at radius 1 is 0.839 bits per heavy atom. The van der Waals surface area contributed by atoms with Crippen molar-refractivity contribution in [3.05, 3.63) is 87.9 Å². The molecule has 0 heterocycles. The van der Waals surface area contributed by atoms with E-state index in [0.29, 0.717) is 32.8 Å². The van der Waals surface area contributed by atoms with Gasteiger partial charge < -0.3 is 20.1 Å². The molecule has 1 unspecified atom stereocenters. The molecular formula is C24H23BrN2O4. The van der Waals surface area contributed by atoms with Gasteiger partial charge in [0.2, 0.25) is 0 Å². The predicted octanol–water partition coefficient (Wildman–Crippen LogP) is 5.21. The maximum Gasteiger partial charge on any atom is 0.255 e. The number of amides is 2. The highest BCUT2D eigenvalue weighted by atomic mass is 79.9. The Labute approximate surface area is 189 Å². The minimum absolute atomic E-state index is 0.191. The number of nitrogens with one attached hydrogen (secondary N) is 2. The lowest BCUT2D eigenvalue weighted by Crippen LogP contribution is -2.26. The predicted molar refractivity (Wildman–Crippen MR) is 124 cm³/mol. The number of hydrogen-bond donors (Lipinski definition) is 2. The number of carbonyl (C=O) groups excluding carboxylic acids is 2. The number of anilines is 1. The van der Waals surface area contributed by atoms with Gasteiger partial charge in [0.05, 0.1) is 20.3 Å². The van der Waals surface area contributed by atoms with Crippen molar-refractivity contribution in [2.75, 3.05) is 19.5 Å². The highest BCUT2D eigenvalue weighted by Gasteiger charge is 2.17. The second-order valence-electron chi connectivity index (χ2n) is 6.84. The van der Waals surface area contributed by atoms with E-state index in [1.165, 1.54) is 14.2 Å². The first-order valence-corrected chi connectivity index (χ1v) is 10.4. The zero-order chi connectivity index (χ0) is 22.4. The van der Waals surface area contributed by atoms with Crippen molar-refractivity contribution in [3.8, 4) is 11.5 Å². The van der Waals surface area contributed by atoms with E-state index in [1.54, 1.807) is 24.3 Å². The number of rotatable bonds is 7. The smallest absolute Gasteiger partial charge is 0.255 e. The summed E-state index contributed by atoms with van der Waals surface area (Å²) in [4.78, 5) is 25.2. The van der Waals surface area contributed by atoms with Crippen LogP contribution in [0, 0.1) is 0 Å². The van der Waals surface area contributed by atoms with Gasteiger partial charge in [0.25, 0.3) is 11.8 Å². The fourth-order valence-electron chi connectivity index (χ4n) is 3.04. The summed E-state index contributed by atoms with van der Waals surface area (Å²) in [6, 6.07) is 19.4. The van der Waals surface area contributed by atoms with Crippen molar-refractivity contribution in [1.82, 2.24) is 5.32 Å². The first-order valence-electron chi connectivity index (χ1n) is 9.61. The van der Waals surface area contributed by atoms with E-state index >= 15 is 0 Å². The van der Waals surface area contributed by atoms with Gasteiger partial charge in [-0.3, -0.25) is 9.59 Å². The summed E-state index contributed by atoms with van der Waals surface area (Å²) in [5.41, 5.74) is 2.50. The van der Waals surface area contributed by atoms with Crippen molar-refractivity contribution < 1.29 is 19.1 Å². The fraction of sp³-hybridized carbons (Fsp3) is 0.167. The summed E-state index contributed by atoms with van der Waals surface area (Å²) >= 11 is 3.40. The van der Waals surface area contributed by atoms with Crippen molar-refractivity contribution >= 4 is 33.4 Å². The molecule has 3 rings (SSSR count). The molecule has 2 N–H and O–H groups in total. The number of benzene rings is 3. The molecule has 0 aliphatic heterocycles. The molecule has 160 valence electrons. The summed E-state index contributed by atoms with van der Waals surface area (Å²) in [5.74, 6) is 0.546. The minimum Gasteiger partial charge on any atom is -0.495 e. The molecule has 0 spiro atoms. The second kappa shape index (κ2) is 10.1. The third-order valence-corrected chi connectivity index (χ3v) is 5.52. The quantitative estimate of drug-likeness (QED) is 0.484. The van der Waals surface area contributed by atoms with E-state index in [1.807, 2.05) is 49.4 Å². The van der Waals surface area contributed by atoms with Gasteiger partial charge in [-0.2, -0.15) is 0 Å². The van der Waals surface area contributed by atoms with Crippen LogP contribution < -0.4 is 20.1 Å². The van der Waals surface area contributed by atoms with E-state index in [2.05, 4.69) is 26.6 Å². The molecule has 0 aliphatic carbocycles. The molecule has 2 amide bonds. The van der Waals surface area contributed by atoms with Crippen LogP contribution in [0.4, 0.5) is 5.69 Å². The zero-order valence-electron chi connectivity index (χ0n) is 17.4. The minimum atomic E-state index is -0.290. The van der Waals surface area contributed by atoms with Gasteiger partial charge in [-0.15, -0.1) is 0 Å². The van der Waals surface area contributed by atoms with Crippen molar-refractivity contribution in [2.24, 2.45) is 0 Å². The van der Waals surface area contributed by atoms with Crippen LogP contribution in [0.15, 0.2) is 71.2 Å². The van der Waals surface area contributed by atoms with Crippen molar-refractivity contribution in [1.29, 1.82) is 0 Å². The lowest BCUT2D eigenvalue weighted by molar-refractivity contribution is 0.0938. The molecule has 0 aliphatic rings. The average Bonchev–Trinajstić information content (AvgIpc) is 2.79. The van der Waals surface area contributed by atoms with Crippen LogP contribution in [0.3, 0.4) is 0 Å². The molecule has 6 nitrogen and oxygen atoms in total. The second-order valence-corrected chi connectivity index (χ2v) is 7.63. The normalized spacial score (nSPS) is 11.4. The average molecular weight is 483 g/mol. The summed E-state index contributed by atoms with van der Waals surface area (Å²) < 4.78 is 11.3. The number of halogens is 1. The van der Waals surface area contributed by atoms with Crippen LogP contribution in [0.25, 0.3) is 0 Å². The summed E-state index contributed by atoms with van der Waals surface area (Å²) in [7, 11) is 3.05. The highest BCUT2D eigenvalue weighted by molar-refractivity contribution is 9.10. The monoisotopic (exact) mass is 482 g/mol. The van der Waals surface area contributed by atoms with E-state index < -0.39 is 0 Å². The topological polar surface area (TPSA) is 76.7 Å². The molecule has 3 aromatic rings. The Morgan fingerprint density at radius 2 is 1.48 bits per heavy atom. The molecule has 31 heavy (non-hydrogen) atoms. The maximum absolute atomic E-state index is 12.8. The van der Waals surface area contributed by atoms with Crippen LogP contribution >= 0.6 is 15.9 Å². The fourth-order valence-corrected chi connectivity index (χ4v) is 3.59. The summed E-state index contributed by atoms with van der Waals surface area (Å²) in [5, 5.41) is 5.85. The van der Waals surface area contributed by atoms with E-state index in [-0.39, 0.29) is 17.9 Å². The first-order chi connectivity index (χ1) is 14.9. The zero-order valence-corrected chi connectivity index (χ0v) is 19.0. The lowest BCUT2D eigenvalue weighted by Gasteiger charge is -2.17. The maximum atomic E-state index is 12.8. The number of hydrogen-bond acceptors (Lipinski definition) is 4. The summed E-state index contributed by atoms with van der Waals surface area (Å²) in [6.07, 6.45) is 0. The van der Waals surface area contributed by atoms with Gasteiger partial charge in [0.15, 0.2) is 0 Å². The Bertz CT molecular complexity index is 1060. The number of methoxy groups -OCH3 is 2. The van der Waals surface area contributed by atoms with E-state index in [9.17, 15) is 9.59 Å². The van der Waals surface area contributed by atoms with Crippen molar-refractivity contribution in [3.63, 3.8) is 0 Å². The van der Waals surface area contributed by atoms with Crippen LogP contribution in [-0.4, -0.2) is 26.0 Å². The lowest BCUT2D eigenvalue weighted by atomic mass is 10.1. The van der Waals surface area contributed by atoms with Crippen LogP contribution in [0.5, 0.6) is 11.5 Å².